The fourth-order valence-corrected chi connectivity index (χ4v) is 7.80. The van der Waals surface area contributed by atoms with Crippen molar-refractivity contribution >= 4 is 28.1 Å². The zero-order chi connectivity index (χ0) is 28.4. The fourth-order valence-electron chi connectivity index (χ4n) is 6.26. The highest BCUT2D eigenvalue weighted by Crippen LogP contribution is 2.51. The number of fused-ring (bicyclic) bond motifs is 1. The maximum absolute atomic E-state index is 13.6. The highest BCUT2D eigenvalue weighted by Gasteiger charge is 2.68. The van der Waals surface area contributed by atoms with E-state index in [2.05, 4.69) is 5.32 Å². The average molecular weight is 567 g/mol. The van der Waals surface area contributed by atoms with Crippen LogP contribution in [0.2, 0.25) is 0 Å². The first kappa shape index (κ1) is 29.3. The van der Waals surface area contributed by atoms with E-state index in [0.29, 0.717) is 12.5 Å². The predicted octanol–water partition coefficient (Wildman–Crippen LogP) is 2.15. The summed E-state index contributed by atoms with van der Waals surface area (Å²) in [4.78, 5) is 38.6. The summed E-state index contributed by atoms with van der Waals surface area (Å²) in [6, 6.07) is 6.26. The highest BCUT2D eigenvalue weighted by atomic mass is 32.2. The SMILES string of the molecule is COC(=O)[C@H]1C[C@@]2(O)CN(S(=O)(=O)c3ccc(C)cc3)C[C@@]2(OC(=O)NCC2CCCCC2)C[C@H]1C(=O)OC. The van der Waals surface area contributed by atoms with Gasteiger partial charge in [0.25, 0.3) is 0 Å². The Morgan fingerprint density at radius 1 is 0.974 bits per heavy atom. The van der Waals surface area contributed by atoms with E-state index in [1.54, 1.807) is 12.1 Å². The van der Waals surface area contributed by atoms with Gasteiger partial charge in [-0.05, 0) is 44.2 Å². The number of methoxy groups -OCH3 is 2. The van der Waals surface area contributed by atoms with Gasteiger partial charge in [0, 0.05) is 19.5 Å². The van der Waals surface area contributed by atoms with Gasteiger partial charge in [0.1, 0.15) is 5.60 Å². The molecule has 2 aliphatic carbocycles. The molecule has 1 saturated heterocycles. The number of aryl methyl sites for hydroxylation is 1. The average Bonchev–Trinajstić information content (AvgIpc) is 3.23. The Morgan fingerprint density at radius 3 is 2.15 bits per heavy atom. The number of esters is 2. The smallest absolute Gasteiger partial charge is 0.407 e. The number of carbonyl (C=O) groups excluding carboxylic acids is 3. The standard InChI is InChI=1S/C27H38N2O9S/c1-18-9-11-20(12-10-18)39(34,35)29-16-26(33)13-21(23(30)36-2)22(24(31)37-3)14-27(26,17-29)38-25(32)28-15-19-7-5-4-6-8-19/h9-12,19,21-22,33H,4-8,13-17H2,1-3H3,(H,28,32)/t21-,22+,26+,27-/m0/s1. The molecule has 4 atom stereocenters. The molecule has 4 rings (SSSR count). The van der Waals surface area contributed by atoms with Crippen molar-refractivity contribution in [1.82, 2.24) is 9.62 Å². The lowest BCUT2D eigenvalue weighted by molar-refractivity contribution is -0.192. The number of hydrogen-bond donors (Lipinski definition) is 2. The topological polar surface area (TPSA) is 149 Å². The summed E-state index contributed by atoms with van der Waals surface area (Å²) in [5.74, 6) is -3.40. The van der Waals surface area contributed by atoms with Crippen molar-refractivity contribution in [2.45, 2.75) is 68.0 Å². The van der Waals surface area contributed by atoms with Gasteiger partial charge in [-0.2, -0.15) is 4.31 Å². The first-order valence-corrected chi connectivity index (χ1v) is 14.8. The van der Waals surface area contributed by atoms with E-state index in [1.165, 1.54) is 32.8 Å². The zero-order valence-corrected chi connectivity index (χ0v) is 23.5. The third-order valence-electron chi connectivity index (χ3n) is 8.53. The molecule has 1 aromatic carbocycles. The quantitative estimate of drug-likeness (QED) is 0.374. The van der Waals surface area contributed by atoms with Gasteiger partial charge in [-0.25, -0.2) is 13.2 Å². The number of β-amino-alcohol motifs (C(OH)–C–C–N with tert-alkyl or cyclic N) is 1. The minimum atomic E-state index is -4.11. The van der Waals surface area contributed by atoms with Crippen LogP contribution in [0.4, 0.5) is 4.79 Å². The van der Waals surface area contributed by atoms with Crippen molar-refractivity contribution < 1.29 is 42.1 Å². The molecule has 11 nitrogen and oxygen atoms in total. The van der Waals surface area contributed by atoms with Crippen LogP contribution in [0.3, 0.4) is 0 Å². The normalized spacial score (nSPS) is 29.7. The Labute approximate surface area is 229 Å². The van der Waals surface area contributed by atoms with Crippen LogP contribution in [-0.4, -0.2) is 80.9 Å². The maximum Gasteiger partial charge on any atom is 0.407 e. The molecule has 216 valence electrons. The number of benzene rings is 1. The fraction of sp³-hybridized carbons (Fsp3) is 0.667. The van der Waals surface area contributed by atoms with Gasteiger partial charge in [-0.3, -0.25) is 9.59 Å². The van der Waals surface area contributed by atoms with Crippen molar-refractivity contribution in [1.29, 1.82) is 0 Å². The molecule has 1 aliphatic heterocycles. The number of nitrogens with one attached hydrogen (secondary N) is 1. The van der Waals surface area contributed by atoms with Crippen molar-refractivity contribution in [2.75, 3.05) is 33.9 Å². The molecule has 3 fully saturated rings. The molecule has 0 spiro atoms. The lowest BCUT2D eigenvalue weighted by atomic mass is 9.64. The summed E-state index contributed by atoms with van der Waals surface area (Å²) in [6.07, 6.45) is 3.85. The molecule has 1 heterocycles. The molecule has 2 saturated carbocycles. The summed E-state index contributed by atoms with van der Waals surface area (Å²) in [6.45, 7) is 1.40. The number of amides is 1. The second-order valence-electron chi connectivity index (χ2n) is 11.1. The van der Waals surface area contributed by atoms with E-state index in [9.17, 15) is 27.9 Å². The molecular formula is C27H38N2O9S. The minimum absolute atomic E-state index is 0.0151. The second kappa shape index (κ2) is 11.4. The lowest BCUT2D eigenvalue weighted by Gasteiger charge is -2.48. The van der Waals surface area contributed by atoms with Crippen molar-refractivity contribution in [3.8, 4) is 0 Å². The Morgan fingerprint density at radius 2 is 1.56 bits per heavy atom. The molecule has 0 aromatic heterocycles. The molecule has 0 bridgehead atoms. The number of hydrogen-bond acceptors (Lipinski definition) is 9. The van der Waals surface area contributed by atoms with Crippen molar-refractivity contribution in [3.05, 3.63) is 29.8 Å². The highest BCUT2D eigenvalue weighted by molar-refractivity contribution is 7.89. The van der Waals surface area contributed by atoms with E-state index in [0.717, 1.165) is 35.6 Å². The van der Waals surface area contributed by atoms with E-state index in [1.807, 2.05) is 6.92 Å². The molecule has 3 aliphatic rings. The Kier molecular flexibility index (Phi) is 8.58. The van der Waals surface area contributed by atoms with E-state index in [4.69, 9.17) is 14.2 Å². The third kappa shape index (κ3) is 5.78. The van der Waals surface area contributed by atoms with Gasteiger partial charge in [0.15, 0.2) is 5.60 Å². The number of rotatable bonds is 7. The molecule has 2 N–H and O–H groups in total. The molecule has 0 radical (unpaired) electrons. The second-order valence-corrected chi connectivity index (χ2v) is 13.0. The summed E-state index contributed by atoms with van der Waals surface area (Å²) in [5.41, 5.74) is -2.89. The number of ether oxygens (including phenoxy) is 3. The third-order valence-corrected chi connectivity index (χ3v) is 10.3. The summed E-state index contributed by atoms with van der Waals surface area (Å²) < 4.78 is 44.0. The first-order valence-electron chi connectivity index (χ1n) is 13.4. The van der Waals surface area contributed by atoms with Crippen LogP contribution >= 0.6 is 0 Å². The van der Waals surface area contributed by atoms with Gasteiger partial charge in [0.05, 0.1) is 37.5 Å². The molecule has 0 unspecified atom stereocenters. The van der Waals surface area contributed by atoms with Crippen molar-refractivity contribution in [2.24, 2.45) is 17.8 Å². The van der Waals surface area contributed by atoms with Crippen LogP contribution in [0.25, 0.3) is 0 Å². The number of carbonyl (C=O) groups is 3. The van der Waals surface area contributed by atoms with E-state index >= 15 is 0 Å². The monoisotopic (exact) mass is 566 g/mol. The number of aliphatic hydroxyl groups is 1. The number of nitrogens with zero attached hydrogens (tertiary/aromatic N) is 1. The Hall–Kier alpha value is -2.70. The first-order chi connectivity index (χ1) is 18.4. The van der Waals surface area contributed by atoms with Gasteiger partial charge < -0.3 is 24.6 Å². The molecule has 39 heavy (non-hydrogen) atoms. The molecular weight excluding hydrogens is 528 g/mol. The molecule has 1 aromatic rings. The summed E-state index contributed by atoms with van der Waals surface area (Å²) in [5, 5.41) is 14.7. The number of alkyl carbamates (subject to hydrolysis) is 1. The van der Waals surface area contributed by atoms with Crippen LogP contribution < -0.4 is 5.32 Å². The zero-order valence-electron chi connectivity index (χ0n) is 22.7. The Balaban J connectivity index is 1.67. The van der Waals surface area contributed by atoms with E-state index in [-0.39, 0.29) is 17.7 Å². The van der Waals surface area contributed by atoms with Crippen molar-refractivity contribution in [3.63, 3.8) is 0 Å². The van der Waals surface area contributed by atoms with Crippen LogP contribution in [0.1, 0.15) is 50.5 Å². The van der Waals surface area contributed by atoms with Gasteiger partial charge in [-0.1, -0.05) is 37.0 Å². The number of sulfonamides is 1. The van der Waals surface area contributed by atoms with Crippen LogP contribution in [0.5, 0.6) is 0 Å². The van der Waals surface area contributed by atoms with Gasteiger partial charge in [-0.15, -0.1) is 0 Å². The molecule has 1 amide bonds. The van der Waals surface area contributed by atoms with Gasteiger partial charge in [0.2, 0.25) is 10.0 Å². The maximum atomic E-state index is 13.6. The summed E-state index contributed by atoms with van der Waals surface area (Å²) >= 11 is 0. The lowest BCUT2D eigenvalue weighted by Crippen LogP contribution is -2.64. The summed E-state index contributed by atoms with van der Waals surface area (Å²) in [7, 11) is -1.77. The van der Waals surface area contributed by atoms with Gasteiger partial charge >= 0.3 is 18.0 Å². The van der Waals surface area contributed by atoms with Crippen LogP contribution in [0, 0.1) is 24.7 Å². The van der Waals surface area contributed by atoms with Crippen LogP contribution in [-0.2, 0) is 33.8 Å². The molecule has 12 heteroatoms. The van der Waals surface area contributed by atoms with E-state index < -0.39 is 64.2 Å². The Bertz CT molecular complexity index is 1180. The largest absolute Gasteiger partial charge is 0.469 e. The predicted molar refractivity (Wildman–Crippen MR) is 139 cm³/mol. The van der Waals surface area contributed by atoms with Crippen LogP contribution in [0.15, 0.2) is 29.2 Å². The minimum Gasteiger partial charge on any atom is -0.469 e.